The van der Waals surface area contributed by atoms with Crippen molar-refractivity contribution in [3.05, 3.63) is 29.8 Å². The van der Waals surface area contributed by atoms with Gasteiger partial charge in [-0.3, -0.25) is 0 Å². The minimum Gasteiger partial charge on any atom is -0.497 e. The van der Waals surface area contributed by atoms with Gasteiger partial charge in [0.05, 0.1) is 7.11 Å². The van der Waals surface area contributed by atoms with E-state index in [1.807, 2.05) is 6.07 Å². The zero-order valence-electron chi connectivity index (χ0n) is 10.4. The van der Waals surface area contributed by atoms with Gasteiger partial charge in [0.15, 0.2) is 0 Å². The second-order valence-corrected chi connectivity index (χ2v) is 5.62. The van der Waals surface area contributed by atoms with Gasteiger partial charge in [0.25, 0.3) is 0 Å². The van der Waals surface area contributed by atoms with Crippen LogP contribution in [0.25, 0.3) is 0 Å². The normalized spacial score (nSPS) is 20.2. The third-order valence-corrected chi connectivity index (χ3v) is 4.36. The number of nitrogens with one attached hydrogen (secondary N) is 1. The zero-order valence-corrected chi connectivity index (χ0v) is 11.3. The summed E-state index contributed by atoms with van der Waals surface area (Å²) in [4.78, 5) is 0. The minimum absolute atomic E-state index is 0.722. The van der Waals surface area contributed by atoms with Gasteiger partial charge in [0.2, 0.25) is 0 Å². The molecule has 1 aliphatic rings. The molecule has 0 spiro atoms. The molecule has 1 unspecified atom stereocenters. The van der Waals surface area contributed by atoms with Gasteiger partial charge < -0.3 is 10.1 Å². The molecule has 0 radical (unpaired) electrons. The summed E-state index contributed by atoms with van der Waals surface area (Å²) in [5.74, 6) is 3.57. The van der Waals surface area contributed by atoms with Crippen molar-refractivity contribution in [2.45, 2.75) is 25.3 Å². The predicted octanol–water partition coefficient (Wildman–Crippen LogP) is 2.72. The average Bonchev–Trinajstić information content (AvgIpc) is 2.40. The molecule has 1 saturated heterocycles. The van der Waals surface area contributed by atoms with Crippen LogP contribution in [0.5, 0.6) is 5.75 Å². The molecule has 1 aromatic carbocycles. The highest BCUT2D eigenvalue weighted by Gasteiger charge is 2.12. The number of thioether (sulfide) groups is 1. The minimum atomic E-state index is 0.722. The van der Waals surface area contributed by atoms with Crippen molar-refractivity contribution in [1.82, 2.24) is 5.32 Å². The maximum Gasteiger partial charge on any atom is 0.119 e. The highest BCUT2D eigenvalue weighted by molar-refractivity contribution is 7.99. The summed E-state index contributed by atoms with van der Waals surface area (Å²) in [5, 5.41) is 3.65. The van der Waals surface area contributed by atoms with Crippen LogP contribution in [0.3, 0.4) is 0 Å². The maximum absolute atomic E-state index is 5.23. The fourth-order valence-corrected chi connectivity index (χ4v) is 3.26. The molecule has 2 nitrogen and oxygen atoms in total. The molecular formula is C14H21NOS. The lowest BCUT2D eigenvalue weighted by Gasteiger charge is -2.22. The van der Waals surface area contributed by atoms with E-state index < -0.39 is 0 Å². The molecule has 1 heterocycles. The first-order chi connectivity index (χ1) is 8.38. The lowest BCUT2D eigenvalue weighted by molar-refractivity contribution is 0.414. The molecule has 1 N–H and O–H groups in total. The fraction of sp³-hybridized carbons (Fsp3) is 0.571. The number of benzene rings is 1. The molecule has 2 rings (SSSR count). The van der Waals surface area contributed by atoms with Crippen molar-refractivity contribution in [2.24, 2.45) is 0 Å². The predicted molar refractivity (Wildman–Crippen MR) is 75.0 cm³/mol. The van der Waals surface area contributed by atoms with E-state index in [1.54, 1.807) is 7.11 Å². The Morgan fingerprint density at radius 1 is 1.47 bits per heavy atom. The van der Waals surface area contributed by atoms with E-state index in [0.717, 1.165) is 24.8 Å². The lowest BCUT2D eigenvalue weighted by atomic mass is 10.1. The van der Waals surface area contributed by atoms with E-state index >= 15 is 0 Å². The Labute approximate surface area is 108 Å². The summed E-state index contributed by atoms with van der Waals surface area (Å²) in [5.41, 5.74) is 1.35. The van der Waals surface area contributed by atoms with E-state index in [1.165, 1.54) is 29.9 Å². The third-order valence-electron chi connectivity index (χ3n) is 3.14. The van der Waals surface area contributed by atoms with Crippen LogP contribution in [0.15, 0.2) is 24.3 Å². The molecule has 0 saturated carbocycles. The van der Waals surface area contributed by atoms with Crippen LogP contribution in [0.4, 0.5) is 0 Å². The van der Waals surface area contributed by atoms with E-state index in [9.17, 15) is 0 Å². The van der Waals surface area contributed by atoms with Gasteiger partial charge >= 0.3 is 0 Å². The quantitative estimate of drug-likeness (QED) is 0.869. The average molecular weight is 251 g/mol. The van der Waals surface area contributed by atoms with Crippen LogP contribution in [0.2, 0.25) is 0 Å². The number of hydrogen-bond donors (Lipinski definition) is 1. The topological polar surface area (TPSA) is 21.3 Å². The molecule has 17 heavy (non-hydrogen) atoms. The Hall–Kier alpha value is -0.670. The Kier molecular flexibility index (Phi) is 5.20. The van der Waals surface area contributed by atoms with Gasteiger partial charge in [0.1, 0.15) is 5.75 Å². The van der Waals surface area contributed by atoms with Crippen LogP contribution in [-0.4, -0.2) is 31.2 Å². The number of methoxy groups -OCH3 is 1. The van der Waals surface area contributed by atoms with Gasteiger partial charge in [0, 0.05) is 11.8 Å². The number of hydrogen-bond acceptors (Lipinski definition) is 3. The molecule has 0 aliphatic carbocycles. The third kappa shape index (κ3) is 4.25. The van der Waals surface area contributed by atoms with E-state index in [4.69, 9.17) is 4.74 Å². The molecule has 94 valence electrons. The van der Waals surface area contributed by atoms with Crippen molar-refractivity contribution in [3.8, 4) is 5.75 Å². The van der Waals surface area contributed by atoms with Gasteiger partial charge in [-0.15, -0.1) is 0 Å². The van der Waals surface area contributed by atoms with Crippen LogP contribution in [0.1, 0.15) is 18.4 Å². The van der Waals surface area contributed by atoms with Crippen molar-refractivity contribution < 1.29 is 4.74 Å². The van der Waals surface area contributed by atoms with Crippen LogP contribution >= 0.6 is 11.8 Å². The zero-order chi connectivity index (χ0) is 11.9. The Bertz CT molecular complexity index is 337. The second-order valence-electron chi connectivity index (χ2n) is 4.47. The van der Waals surface area contributed by atoms with Crippen molar-refractivity contribution >= 4 is 11.8 Å². The van der Waals surface area contributed by atoms with Crippen molar-refractivity contribution in [2.75, 3.05) is 25.2 Å². The monoisotopic (exact) mass is 251 g/mol. The summed E-state index contributed by atoms with van der Waals surface area (Å²) in [6.07, 6.45) is 3.78. The second kappa shape index (κ2) is 6.92. The Morgan fingerprint density at radius 2 is 2.41 bits per heavy atom. The molecule has 1 atom stereocenters. The van der Waals surface area contributed by atoms with Crippen LogP contribution < -0.4 is 10.1 Å². The summed E-state index contributed by atoms with van der Waals surface area (Å²) in [6.45, 7) is 1.07. The SMILES string of the molecule is COc1cccc(CCNC2CCCSC2)c1. The maximum atomic E-state index is 5.23. The van der Waals surface area contributed by atoms with E-state index in [0.29, 0.717) is 0 Å². The van der Waals surface area contributed by atoms with Crippen LogP contribution in [0, 0.1) is 0 Å². The molecular weight excluding hydrogens is 230 g/mol. The highest BCUT2D eigenvalue weighted by atomic mass is 32.2. The van der Waals surface area contributed by atoms with Crippen LogP contribution in [-0.2, 0) is 6.42 Å². The lowest BCUT2D eigenvalue weighted by Crippen LogP contribution is -2.35. The van der Waals surface area contributed by atoms with Crippen molar-refractivity contribution in [1.29, 1.82) is 0 Å². The standard InChI is InChI=1S/C14H21NOS/c1-16-14-6-2-4-12(10-14)7-8-15-13-5-3-9-17-11-13/h2,4,6,10,13,15H,3,5,7-9,11H2,1H3. The molecule has 1 fully saturated rings. The van der Waals surface area contributed by atoms with Gasteiger partial charge in [-0.1, -0.05) is 12.1 Å². The van der Waals surface area contributed by atoms with E-state index in [-0.39, 0.29) is 0 Å². The number of ether oxygens (including phenoxy) is 1. The summed E-state index contributed by atoms with van der Waals surface area (Å²) >= 11 is 2.07. The summed E-state index contributed by atoms with van der Waals surface area (Å²) in [7, 11) is 1.72. The fourth-order valence-electron chi connectivity index (χ4n) is 2.15. The molecule has 0 bridgehead atoms. The van der Waals surface area contributed by atoms with Crippen molar-refractivity contribution in [3.63, 3.8) is 0 Å². The van der Waals surface area contributed by atoms with Gasteiger partial charge in [-0.05, 0) is 49.3 Å². The first kappa shape index (κ1) is 12.8. The molecule has 1 aromatic rings. The molecule has 1 aliphatic heterocycles. The highest BCUT2D eigenvalue weighted by Crippen LogP contribution is 2.17. The first-order valence-electron chi connectivity index (χ1n) is 6.32. The molecule has 3 heteroatoms. The van der Waals surface area contributed by atoms with E-state index in [2.05, 4.69) is 35.3 Å². The summed E-state index contributed by atoms with van der Waals surface area (Å²) in [6, 6.07) is 9.07. The Balaban J connectivity index is 1.73. The molecule has 0 amide bonds. The molecule has 0 aromatic heterocycles. The van der Waals surface area contributed by atoms with Gasteiger partial charge in [-0.2, -0.15) is 11.8 Å². The first-order valence-corrected chi connectivity index (χ1v) is 7.48. The van der Waals surface area contributed by atoms with Gasteiger partial charge in [-0.25, -0.2) is 0 Å². The largest absolute Gasteiger partial charge is 0.497 e. The summed E-state index contributed by atoms with van der Waals surface area (Å²) < 4.78 is 5.23. The Morgan fingerprint density at radius 3 is 3.18 bits per heavy atom. The smallest absolute Gasteiger partial charge is 0.119 e. The number of rotatable bonds is 5.